The molecule has 5 nitrogen and oxygen atoms in total. The Morgan fingerprint density at radius 1 is 1.67 bits per heavy atom. The predicted octanol–water partition coefficient (Wildman–Crippen LogP) is 0.678. The number of hydrogen-bond acceptors (Lipinski definition) is 5. The number of thioether (sulfide) groups is 1. The summed E-state index contributed by atoms with van der Waals surface area (Å²) < 4.78 is 4.39. The van der Waals surface area contributed by atoms with E-state index in [0.29, 0.717) is 10.7 Å². The maximum atomic E-state index is 11.4. The molecule has 0 saturated carbocycles. The molecule has 0 saturated heterocycles. The van der Waals surface area contributed by atoms with Gasteiger partial charge in [-0.2, -0.15) is 0 Å². The van der Waals surface area contributed by atoms with Gasteiger partial charge in [0.2, 0.25) is 0 Å². The van der Waals surface area contributed by atoms with Crippen molar-refractivity contribution in [2.24, 2.45) is 0 Å². The van der Waals surface area contributed by atoms with Gasteiger partial charge in [-0.05, 0) is 12.3 Å². The van der Waals surface area contributed by atoms with Crippen LogP contribution < -0.4 is 5.56 Å². The van der Waals surface area contributed by atoms with Gasteiger partial charge in [0.05, 0.1) is 12.7 Å². The van der Waals surface area contributed by atoms with E-state index < -0.39 is 5.97 Å². The topological polar surface area (TPSA) is 72.0 Å². The summed E-state index contributed by atoms with van der Waals surface area (Å²) in [7, 11) is 1.27. The van der Waals surface area contributed by atoms with E-state index in [1.54, 1.807) is 0 Å². The van der Waals surface area contributed by atoms with Crippen LogP contribution in [0, 0.1) is 0 Å². The van der Waals surface area contributed by atoms with E-state index in [2.05, 4.69) is 14.7 Å². The second-order valence-electron chi connectivity index (χ2n) is 2.53. The van der Waals surface area contributed by atoms with Gasteiger partial charge in [0.15, 0.2) is 5.16 Å². The molecule has 6 heteroatoms. The van der Waals surface area contributed by atoms with Gasteiger partial charge in [0, 0.05) is 12.3 Å². The van der Waals surface area contributed by atoms with E-state index in [-0.39, 0.29) is 5.56 Å². The van der Waals surface area contributed by atoms with Crippen LogP contribution in [0.5, 0.6) is 0 Å². The first-order chi connectivity index (χ1) is 7.17. The molecule has 0 spiro atoms. The predicted molar refractivity (Wildman–Crippen MR) is 57.7 cm³/mol. The lowest BCUT2D eigenvalue weighted by Crippen LogP contribution is -2.11. The largest absolute Gasteiger partial charge is 0.466 e. The molecule has 1 rings (SSSR count). The molecule has 0 fully saturated rings. The molecule has 1 aromatic heterocycles. The molecule has 0 atom stereocenters. The van der Waals surface area contributed by atoms with Gasteiger partial charge in [0.1, 0.15) is 0 Å². The van der Waals surface area contributed by atoms with Crippen LogP contribution >= 0.6 is 11.8 Å². The minimum absolute atomic E-state index is 0.283. The number of esters is 1. The van der Waals surface area contributed by atoms with E-state index in [4.69, 9.17) is 0 Å². The van der Waals surface area contributed by atoms with Gasteiger partial charge in [-0.15, -0.1) is 0 Å². The Balaban J connectivity index is 2.92. The summed E-state index contributed by atoms with van der Waals surface area (Å²) in [6, 6.07) is 0. The molecule has 0 aliphatic carbocycles. The zero-order chi connectivity index (χ0) is 11.3. The Kier molecular flexibility index (Phi) is 4.11. The van der Waals surface area contributed by atoms with Crippen LogP contribution in [0.3, 0.4) is 0 Å². The Hall–Kier alpha value is -1.56. The maximum absolute atomic E-state index is 11.4. The lowest BCUT2D eigenvalue weighted by molar-refractivity contribution is -0.134. The SMILES string of the molecule is COC(=O)C=Cc1cnc(SC)[nH]c1=O. The second kappa shape index (κ2) is 5.35. The average Bonchev–Trinajstić information content (AvgIpc) is 2.26. The molecule has 0 aliphatic rings. The summed E-state index contributed by atoms with van der Waals surface area (Å²) in [6.07, 6.45) is 5.75. The quantitative estimate of drug-likeness (QED) is 0.355. The zero-order valence-corrected chi connectivity index (χ0v) is 9.13. The number of ether oxygens (including phenoxy) is 1. The molecule has 15 heavy (non-hydrogen) atoms. The maximum Gasteiger partial charge on any atom is 0.330 e. The van der Waals surface area contributed by atoms with Gasteiger partial charge in [0.25, 0.3) is 5.56 Å². The van der Waals surface area contributed by atoms with E-state index in [1.165, 1.54) is 37.2 Å². The molecule has 0 aliphatic heterocycles. The number of carbonyl (C=O) groups is 1. The van der Waals surface area contributed by atoms with Crippen LogP contribution in [-0.4, -0.2) is 29.3 Å². The van der Waals surface area contributed by atoms with Gasteiger partial charge >= 0.3 is 5.97 Å². The number of rotatable bonds is 3. The lowest BCUT2D eigenvalue weighted by atomic mass is 10.3. The number of H-pyrrole nitrogens is 1. The van der Waals surface area contributed by atoms with Crippen molar-refractivity contribution >= 4 is 23.8 Å². The van der Waals surface area contributed by atoms with Gasteiger partial charge in [-0.1, -0.05) is 11.8 Å². The van der Waals surface area contributed by atoms with Crippen LogP contribution in [0.15, 0.2) is 22.2 Å². The number of nitrogens with zero attached hydrogens (tertiary/aromatic N) is 1. The van der Waals surface area contributed by atoms with Crippen molar-refractivity contribution < 1.29 is 9.53 Å². The normalized spacial score (nSPS) is 10.5. The molecule has 0 amide bonds. The average molecular weight is 226 g/mol. The molecule has 1 N–H and O–H groups in total. The molecule has 0 unspecified atom stereocenters. The third-order valence-corrected chi connectivity index (χ3v) is 2.19. The first-order valence-electron chi connectivity index (χ1n) is 4.06. The number of nitrogens with one attached hydrogen (secondary N) is 1. The standard InChI is InChI=1S/C9H10N2O3S/c1-14-7(12)4-3-6-5-10-9(15-2)11-8(6)13/h3-5H,1-2H3,(H,10,11,13). The highest BCUT2D eigenvalue weighted by atomic mass is 32.2. The fourth-order valence-electron chi connectivity index (χ4n) is 0.837. The van der Waals surface area contributed by atoms with Crippen molar-refractivity contribution in [2.45, 2.75) is 5.16 Å². The monoisotopic (exact) mass is 226 g/mol. The second-order valence-corrected chi connectivity index (χ2v) is 3.33. The van der Waals surface area contributed by atoms with Gasteiger partial charge < -0.3 is 9.72 Å². The van der Waals surface area contributed by atoms with Gasteiger partial charge in [-0.3, -0.25) is 4.79 Å². The smallest absolute Gasteiger partial charge is 0.330 e. The number of aromatic amines is 1. The van der Waals surface area contributed by atoms with Crippen molar-refractivity contribution in [1.29, 1.82) is 0 Å². The fraction of sp³-hybridized carbons (Fsp3) is 0.222. The van der Waals surface area contributed by atoms with E-state index in [9.17, 15) is 9.59 Å². The van der Waals surface area contributed by atoms with E-state index in [0.717, 1.165) is 0 Å². The third-order valence-electron chi connectivity index (χ3n) is 1.60. The first-order valence-corrected chi connectivity index (χ1v) is 5.29. The Morgan fingerprint density at radius 3 is 2.93 bits per heavy atom. The molecule has 0 radical (unpaired) electrons. The van der Waals surface area contributed by atoms with Crippen LogP contribution in [0.4, 0.5) is 0 Å². The van der Waals surface area contributed by atoms with Crippen LogP contribution in [0.25, 0.3) is 6.08 Å². The molecular formula is C9H10N2O3S. The number of carbonyl (C=O) groups excluding carboxylic acids is 1. The zero-order valence-electron chi connectivity index (χ0n) is 8.31. The summed E-state index contributed by atoms with van der Waals surface area (Å²) in [6.45, 7) is 0. The number of methoxy groups -OCH3 is 1. The number of hydrogen-bond donors (Lipinski definition) is 1. The van der Waals surface area contributed by atoms with E-state index in [1.807, 2.05) is 6.26 Å². The summed E-state index contributed by atoms with van der Waals surface area (Å²) in [5.74, 6) is -0.511. The van der Waals surface area contributed by atoms with Crippen LogP contribution in [0.1, 0.15) is 5.56 Å². The first kappa shape index (κ1) is 11.5. The summed E-state index contributed by atoms with van der Waals surface area (Å²) in [5, 5.41) is 0.537. The van der Waals surface area contributed by atoms with Crippen LogP contribution in [0.2, 0.25) is 0 Å². The minimum Gasteiger partial charge on any atom is -0.466 e. The van der Waals surface area contributed by atoms with Crippen molar-refractivity contribution in [2.75, 3.05) is 13.4 Å². The summed E-state index contributed by atoms with van der Waals surface area (Å²) >= 11 is 1.34. The van der Waals surface area contributed by atoms with Gasteiger partial charge in [-0.25, -0.2) is 9.78 Å². The Labute approximate surface area is 90.6 Å². The fourth-order valence-corrected chi connectivity index (χ4v) is 1.19. The lowest BCUT2D eigenvalue weighted by Gasteiger charge is -1.95. The molecule has 80 valence electrons. The van der Waals surface area contributed by atoms with Crippen molar-refractivity contribution in [1.82, 2.24) is 9.97 Å². The summed E-state index contributed by atoms with van der Waals surface area (Å²) in [5.41, 5.74) is 0.0349. The Bertz CT molecular complexity index is 439. The van der Waals surface area contributed by atoms with Crippen molar-refractivity contribution in [3.63, 3.8) is 0 Å². The third kappa shape index (κ3) is 3.25. The number of aromatic nitrogens is 2. The molecule has 1 heterocycles. The highest BCUT2D eigenvalue weighted by molar-refractivity contribution is 7.98. The molecule has 1 aromatic rings. The molecule has 0 aromatic carbocycles. The van der Waals surface area contributed by atoms with Crippen LogP contribution in [-0.2, 0) is 9.53 Å². The molecule has 0 bridgehead atoms. The van der Waals surface area contributed by atoms with Crippen molar-refractivity contribution in [3.8, 4) is 0 Å². The minimum atomic E-state index is -0.511. The Morgan fingerprint density at radius 2 is 2.40 bits per heavy atom. The van der Waals surface area contributed by atoms with E-state index >= 15 is 0 Å². The summed E-state index contributed by atoms with van der Waals surface area (Å²) in [4.78, 5) is 28.7. The highest BCUT2D eigenvalue weighted by Gasteiger charge is 1.99. The van der Waals surface area contributed by atoms with Crippen molar-refractivity contribution in [3.05, 3.63) is 28.2 Å². The highest BCUT2D eigenvalue weighted by Crippen LogP contribution is 2.04. The molecular weight excluding hydrogens is 216 g/mol.